The summed E-state index contributed by atoms with van der Waals surface area (Å²) >= 11 is 0. The topological polar surface area (TPSA) is 45.1 Å². The highest BCUT2D eigenvalue weighted by Crippen LogP contribution is 2.14. The summed E-state index contributed by atoms with van der Waals surface area (Å²) in [5.41, 5.74) is 1.67. The molecule has 1 aromatic rings. The van der Waals surface area contributed by atoms with Crippen molar-refractivity contribution in [1.29, 1.82) is 0 Å². The molecule has 0 aromatic carbocycles. The SMILES string of the molecule is Cc1ccc(O)c(CNCCC(C)C)n1. The van der Waals surface area contributed by atoms with Crippen molar-refractivity contribution in [3.05, 3.63) is 23.5 Å². The van der Waals surface area contributed by atoms with E-state index in [1.165, 1.54) is 0 Å². The van der Waals surface area contributed by atoms with E-state index in [2.05, 4.69) is 24.1 Å². The molecule has 0 fully saturated rings. The van der Waals surface area contributed by atoms with Crippen LogP contribution in [0.2, 0.25) is 0 Å². The van der Waals surface area contributed by atoms with Gasteiger partial charge >= 0.3 is 0 Å². The van der Waals surface area contributed by atoms with Crippen LogP contribution in [0.1, 0.15) is 31.7 Å². The highest BCUT2D eigenvalue weighted by atomic mass is 16.3. The van der Waals surface area contributed by atoms with E-state index in [1.807, 2.05) is 13.0 Å². The lowest BCUT2D eigenvalue weighted by molar-refractivity contribution is 0.456. The molecule has 1 heterocycles. The van der Waals surface area contributed by atoms with Gasteiger partial charge in [-0.3, -0.25) is 4.98 Å². The average molecular weight is 208 g/mol. The van der Waals surface area contributed by atoms with E-state index in [4.69, 9.17) is 0 Å². The number of pyridine rings is 1. The molecule has 0 atom stereocenters. The first-order valence-electron chi connectivity index (χ1n) is 5.46. The van der Waals surface area contributed by atoms with Gasteiger partial charge in [0.05, 0.1) is 5.69 Å². The van der Waals surface area contributed by atoms with Crippen LogP contribution in [0.3, 0.4) is 0 Å². The molecule has 3 heteroatoms. The predicted molar refractivity (Wildman–Crippen MR) is 61.8 cm³/mol. The zero-order chi connectivity index (χ0) is 11.3. The summed E-state index contributed by atoms with van der Waals surface area (Å²) in [4.78, 5) is 4.28. The van der Waals surface area contributed by atoms with Gasteiger partial charge in [0.2, 0.25) is 0 Å². The second-order valence-corrected chi connectivity index (χ2v) is 4.28. The molecule has 0 spiro atoms. The molecule has 1 rings (SSSR count). The lowest BCUT2D eigenvalue weighted by atomic mass is 10.1. The summed E-state index contributed by atoms with van der Waals surface area (Å²) in [5.74, 6) is 0.981. The van der Waals surface area contributed by atoms with Gasteiger partial charge in [0.1, 0.15) is 5.75 Å². The minimum absolute atomic E-state index is 0.276. The molecule has 15 heavy (non-hydrogen) atoms. The second-order valence-electron chi connectivity index (χ2n) is 4.28. The lowest BCUT2D eigenvalue weighted by Crippen LogP contribution is -2.17. The van der Waals surface area contributed by atoms with Gasteiger partial charge < -0.3 is 10.4 Å². The fourth-order valence-corrected chi connectivity index (χ4v) is 1.33. The van der Waals surface area contributed by atoms with E-state index in [0.717, 1.165) is 24.4 Å². The van der Waals surface area contributed by atoms with Crippen LogP contribution in [0.5, 0.6) is 5.75 Å². The van der Waals surface area contributed by atoms with Crippen LogP contribution in [0.4, 0.5) is 0 Å². The van der Waals surface area contributed by atoms with Gasteiger partial charge in [-0.2, -0.15) is 0 Å². The van der Waals surface area contributed by atoms with Crippen molar-refractivity contribution in [2.45, 2.75) is 33.7 Å². The molecule has 0 amide bonds. The molecule has 0 radical (unpaired) electrons. The minimum Gasteiger partial charge on any atom is -0.506 e. The fourth-order valence-electron chi connectivity index (χ4n) is 1.33. The Kier molecular flexibility index (Phi) is 4.56. The number of rotatable bonds is 5. The third-order valence-electron chi connectivity index (χ3n) is 2.28. The van der Waals surface area contributed by atoms with E-state index in [-0.39, 0.29) is 5.75 Å². The molecule has 0 saturated heterocycles. The van der Waals surface area contributed by atoms with Crippen LogP contribution >= 0.6 is 0 Å². The van der Waals surface area contributed by atoms with E-state index in [1.54, 1.807) is 6.07 Å². The van der Waals surface area contributed by atoms with E-state index in [0.29, 0.717) is 12.5 Å². The molecule has 0 bridgehead atoms. The molecule has 1 aromatic heterocycles. The fraction of sp³-hybridized carbons (Fsp3) is 0.583. The number of aromatic nitrogens is 1. The van der Waals surface area contributed by atoms with Crippen LogP contribution in [-0.2, 0) is 6.54 Å². The lowest BCUT2D eigenvalue weighted by Gasteiger charge is -2.08. The number of nitrogens with zero attached hydrogens (tertiary/aromatic N) is 1. The van der Waals surface area contributed by atoms with Gasteiger partial charge in [-0.15, -0.1) is 0 Å². The van der Waals surface area contributed by atoms with Gasteiger partial charge in [0, 0.05) is 12.2 Å². The Morgan fingerprint density at radius 1 is 1.40 bits per heavy atom. The maximum Gasteiger partial charge on any atom is 0.138 e. The molecular weight excluding hydrogens is 188 g/mol. The molecule has 0 aliphatic heterocycles. The number of hydrogen-bond acceptors (Lipinski definition) is 3. The monoisotopic (exact) mass is 208 g/mol. The van der Waals surface area contributed by atoms with Crippen molar-refractivity contribution in [1.82, 2.24) is 10.3 Å². The summed E-state index contributed by atoms with van der Waals surface area (Å²) < 4.78 is 0. The van der Waals surface area contributed by atoms with Crippen molar-refractivity contribution in [2.75, 3.05) is 6.54 Å². The Bertz CT molecular complexity index is 310. The van der Waals surface area contributed by atoms with E-state index >= 15 is 0 Å². The molecule has 0 unspecified atom stereocenters. The van der Waals surface area contributed by atoms with Crippen molar-refractivity contribution in [2.24, 2.45) is 5.92 Å². The van der Waals surface area contributed by atoms with Gasteiger partial charge in [0.25, 0.3) is 0 Å². The van der Waals surface area contributed by atoms with Crippen molar-refractivity contribution < 1.29 is 5.11 Å². The standard InChI is InChI=1S/C12H20N2O/c1-9(2)6-7-13-8-11-12(15)5-4-10(3)14-11/h4-5,9,13,15H,6-8H2,1-3H3. The first-order valence-corrected chi connectivity index (χ1v) is 5.46. The van der Waals surface area contributed by atoms with Crippen LogP contribution in [0.15, 0.2) is 12.1 Å². The predicted octanol–water partition coefficient (Wildman–Crippen LogP) is 2.23. The Hall–Kier alpha value is -1.09. The summed E-state index contributed by atoms with van der Waals surface area (Å²) in [5, 5.41) is 12.8. The van der Waals surface area contributed by atoms with Crippen molar-refractivity contribution in [3.63, 3.8) is 0 Å². The molecule has 0 saturated carbocycles. The first kappa shape index (κ1) is 12.0. The smallest absolute Gasteiger partial charge is 0.138 e. The van der Waals surface area contributed by atoms with Crippen LogP contribution < -0.4 is 5.32 Å². The van der Waals surface area contributed by atoms with E-state index < -0.39 is 0 Å². The number of aromatic hydroxyl groups is 1. The van der Waals surface area contributed by atoms with Gasteiger partial charge in [-0.25, -0.2) is 0 Å². The molecule has 3 nitrogen and oxygen atoms in total. The Balaban J connectivity index is 2.40. The van der Waals surface area contributed by atoms with Crippen molar-refractivity contribution >= 4 is 0 Å². The quantitative estimate of drug-likeness (QED) is 0.729. The summed E-state index contributed by atoms with van der Waals surface area (Å²) in [6, 6.07) is 3.51. The highest BCUT2D eigenvalue weighted by molar-refractivity contribution is 5.27. The van der Waals surface area contributed by atoms with Gasteiger partial charge in [0.15, 0.2) is 0 Å². The third-order valence-corrected chi connectivity index (χ3v) is 2.28. The molecule has 0 aliphatic rings. The molecular formula is C12H20N2O. The second kappa shape index (κ2) is 5.71. The maximum absolute atomic E-state index is 9.54. The van der Waals surface area contributed by atoms with Crippen LogP contribution in [-0.4, -0.2) is 16.6 Å². The highest BCUT2D eigenvalue weighted by Gasteiger charge is 2.02. The number of nitrogens with one attached hydrogen (secondary N) is 1. The normalized spacial score (nSPS) is 10.9. The summed E-state index contributed by atoms with van der Waals surface area (Å²) in [6.45, 7) is 7.93. The molecule has 0 aliphatic carbocycles. The van der Waals surface area contributed by atoms with Gasteiger partial charge in [-0.1, -0.05) is 13.8 Å². The van der Waals surface area contributed by atoms with Crippen molar-refractivity contribution in [3.8, 4) is 5.75 Å². The summed E-state index contributed by atoms with van der Waals surface area (Å²) in [7, 11) is 0. The summed E-state index contributed by atoms with van der Waals surface area (Å²) in [6.07, 6.45) is 1.15. The third kappa shape index (κ3) is 4.30. The maximum atomic E-state index is 9.54. The Labute approximate surface area is 91.5 Å². The number of hydrogen-bond donors (Lipinski definition) is 2. The first-order chi connectivity index (χ1) is 7.09. The van der Waals surface area contributed by atoms with Crippen LogP contribution in [0, 0.1) is 12.8 Å². The minimum atomic E-state index is 0.276. The average Bonchev–Trinajstić information content (AvgIpc) is 2.17. The largest absolute Gasteiger partial charge is 0.506 e. The number of aryl methyl sites for hydroxylation is 1. The molecule has 2 N–H and O–H groups in total. The van der Waals surface area contributed by atoms with E-state index in [9.17, 15) is 5.11 Å². The Morgan fingerprint density at radius 2 is 2.13 bits per heavy atom. The zero-order valence-electron chi connectivity index (χ0n) is 9.75. The van der Waals surface area contributed by atoms with Gasteiger partial charge in [-0.05, 0) is 37.9 Å². The zero-order valence-corrected chi connectivity index (χ0v) is 9.75. The van der Waals surface area contributed by atoms with Crippen LogP contribution in [0.25, 0.3) is 0 Å². The molecule has 84 valence electrons. The Morgan fingerprint density at radius 3 is 2.80 bits per heavy atom.